The molecule has 19 heavy (non-hydrogen) atoms. The Balaban J connectivity index is 2.00. The molecule has 2 atom stereocenters. The predicted molar refractivity (Wildman–Crippen MR) is 71.5 cm³/mol. The van der Waals surface area contributed by atoms with E-state index in [1.165, 1.54) is 18.2 Å². The highest BCUT2D eigenvalue weighted by molar-refractivity contribution is 7.89. The van der Waals surface area contributed by atoms with E-state index in [2.05, 4.69) is 4.72 Å². The molecule has 2 unspecified atom stereocenters. The van der Waals surface area contributed by atoms with Gasteiger partial charge in [0, 0.05) is 12.6 Å². The number of nitrogens with two attached hydrogens (primary N) is 1. The molecule has 1 aromatic rings. The zero-order valence-electron chi connectivity index (χ0n) is 10.7. The molecule has 1 fully saturated rings. The van der Waals surface area contributed by atoms with Gasteiger partial charge < -0.3 is 5.73 Å². The van der Waals surface area contributed by atoms with Crippen molar-refractivity contribution in [1.82, 2.24) is 4.72 Å². The molecule has 4 nitrogen and oxygen atoms in total. The Morgan fingerprint density at radius 2 is 2.05 bits per heavy atom. The molecule has 0 amide bonds. The number of hydrogen-bond donors (Lipinski definition) is 2. The van der Waals surface area contributed by atoms with Crippen LogP contribution in [0.25, 0.3) is 0 Å². The van der Waals surface area contributed by atoms with Gasteiger partial charge in [-0.3, -0.25) is 0 Å². The van der Waals surface area contributed by atoms with Gasteiger partial charge in [-0.15, -0.1) is 0 Å². The molecule has 0 aromatic heterocycles. The average Bonchev–Trinajstić information content (AvgIpc) is 2.37. The molecule has 0 heterocycles. The summed E-state index contributed by atoms with van der Waals surface area (Å²) in [7, 11) is -3.77. The van der Waals surface area contributed by atoms with Crippen LogP contribution in [0.5, 0.6) is 0 Å². The molecule has 0 saturated heterocycles. The van der Waals surface area contributed by atoms with E-state index in [-0.39, 0.29) is 16.9 Å². The van der Waals surface area contributed by atoms with Gasteiger partial charge in [-0.05, 0) is 37.3 Å². The maximum absolute atomic E-state index is 13.5. The summed E-state index contributed by atoms with van der Waals surface area (Å²) in [4.78, 5) is -0.296. The van der Waals surface area contributed by atoms with Crippen LogP contribution in [-0.2, 0) is 10.0 Å². The molecule has 1 aliphatic rings. The number of benzene rings is 1. The van der Waals surface area contributed by atoms with Crippen LogP contribution in [0.2, 0.25) is 0 Å². The minimum Gasteiger partial charge on any atom is -0.328 e. The molecule has 0 bridgehead atoms. The van der Waals surface area contributed by atoms with Crippen molar-refractivity contribution < 1.29 is 12.8 Å². The van der Waals surface area contributed by atoms with Gasteiger partial charge in [0.25, 0.3) is 0 Å². The Kier molecular flexibility index (Phi) is 4.54. The minimum atomic E-state index is -3.77. The second-order valence-corrected chi connectivity index (χ2v) is 6.81. The van der Waals surface area contributed by atoms with Gasteiger partial charge in [0.2, 0.25) is 10.0 Å². The minimum absolute atomic E-state index is 0.150. The molecule has 106 valence electrons. The molecule has 3 N–H and O–H groups in total. The van der Waals surface area contributed by atoms with Gasteiger partial charge >= 0.3 is 0 Å². The predicted octanol–water partition coefficient (Wildman–Crippen LogP) is 1.62. The normalized spacial score (nSPS) is 24.3. The summed E-state index contributed by atoms with van der Waals surface area (Å²) in [5.74, 6) is -0.486. The van der Waals surface area contributed by atoms with Crippen LogP contribution < -0.4 is 10.5 Å². The molecular formula is C13H19FN2O2S. The van der Waals surface area contributed by atoms with E-state index in [4.69, 9.17) is 5.73 Å². The molecular weight excluding hydrogens is 267 g/mol. The number of nitrogens with one attached hydrogen (secondary N) is 1. The molecule has 1 aromatic carbocycles. The summed E-state index contributed by atoms with van der Waals surface area (Å²) < 4.78 is 39.9. The topological polar surface area (TPSA) is 72.2 Å². The first-order chi connectivity index (χ1) is 8.99. The summed E-state index contributed by atoms with van der Waals surface area (Å²) in [6.07, 6.45) is 3.80. The van der Waals surface area contributed by atoms with Gasteiger partial charge in [-0.25, -0.2) is 17.5 Å². The molecule has 1 aliphatic carbocycles. The lowest BCUT2D eigenvalue weighted by Crippen LogP contribution is -2.35. The van der Waals surface area contributed by atoms with Crippen molar-refractivity contribution in [2.75, 3.05) is 6.54 Å². The molecule has 2 rings (SSSR count). The maximum Gasteiger partial charge on any atom is 0.243 e. The lowest BCUT2D eigenvalue weighted by atomic mass is 9.86. The van der Waals surface area contributed by atoms with Crippen molar-refractivity contribution in [3.8, 4) is 0 Å². The Hall–Kier alpha value is -0.980. The number of hydrogen-bond acceptors (Lipinski definition) is 3. The van der Waals surface area contributed by atoms with Gasteiger partial charge in [0.05, 0.1) is 0 Å². The Labute approximate surface area is 113 Å². The third-order valence-corrected chi connectivity index (χ3v) is 4.97. The summed E-state index contributed by atoms with van der Waals surface area (Å²) in [6, 6.07) is 5.54. The van der Waals surface area contributed by atoms with Gasteiger partial charge in [-0.2, -0.15) is 0 Å². The van der Waals surface area contributed by atoms with Crippen molar-refractivity contribution in [1.29, 1.82) is 0 Å². The molecule has 1 saturated carbocycles. The third-order valence-electron chi connectivity index (χ3n) is 3.51. The fraction of sp³-hybridized carbons (Fsp3) is 0.538. The smallest absolute Gasteiger partial charge is 0.243 e. The molecule has 0 aliphatic heterocycles. The van der Waals surface area contributed by atoms with Crippen molar-refractivity contribution in [2.45, 2.75) is 36.6 Å². The van der Waals surface area contributed by atoms with E-state index in [9.17, 15) is 12.8 Å². The first-order valence-corrected chi connectivity index (χ1v) is 7.97. The van der Waals surface area contributed by atoms with Gasteiger partial charge in [0.15, 0.2) is 0 Å². The van der Waals surface area contributed by atoms with Crippen molar-refractivity contribution in [2.24, 2.45) is 11.7 Å². The summed E-state index contributed by atoms with van der Waals surface area (Å²) in [5, 5.41) is 0. The van der Waals surface area contributed by atoms with Gasteiger partial charge in [0.1, 0.15) is 10.7 Å². The van der Waals surface area contributed by atoms with E-state index in [0.29, 0.717) is 6.54 Å². The summed E-state index contributed by atoms with van der Waals surface area (Å²) >= 11 is 0. The van der Waals surface area contributed by atoms with Crippen LogP contribution in [0.1, 0.15) is 25.7 Å². The first kappa shape index (κ1) is 14.4. The van der Waals surface area contributed by atoms with Crippen LogP contribution in [-0.4, -0.2) is 21.0 Å². The maximum atomic E-state index is 13.5. The monoisotopic (exact) mass is 286 g/mol. The first-order valence-electron chi connectivity index (χ1n) is 6.49. The number of halogens is 1. The van der Waals surface area contributed by atoms with Crippen LogP contribution in [0.3, 0.4) is 0 Å². The fourth-order valence-electron chi connectivity index (χ4n) is 2.49. The summed E-state index contributed by atoms with van der Waals surface area (Å²) in [5.41, 5.74) is 5.86. The summed E-state index contributed by atoms with van der Waals surface area (Å²) in [6.45, 7) is 0.324. The second-order valence-electron chi connectivity index (χ2n) is 5.08. The number of sulfonamides is 1. The van der Waals surface area contributed by atoms with Crippen molar-refractivity contribution >= 4 is 10.0 Å². The average molecular weight is 286 g/mol. The molecule has 0 radical (unpaired) electrons. The quantitative estimate of drug-likeness (QED) is 0.883. The number of rotatable bonds is 4. The van der Waals surface area contributed by atoms with Crippen molar-refractivity contribution in [3.05, 3.63) is 30.1 Å². The van der Waals surface area contributed by atoms with Crippen molar-refractivity contribution in [3.63, 3.8) is 0 Å². The second kappa shape index (κ2) is 5.98. The largest absolute Gasteiger partial charge is 0.328 e. The molecule has 6 heteroatoms. The third kappa shape index (κ3) is 3.75. The molecule has 0 spiro atoms. The van der Waals surface area contributed by atoms with Crippen LogP contribution in [0.4, 0.5) is 4.39 Å². The Morgan fingerprint density at radius 3 is 2.74 bits per heavy atom. The zero-order valence-corrected chi connectivity index (χ0v) is 11.5. The fourth-order valence-corrected chi connectivity index (χ4v) is 3.68. The van der Waals surface area contributed by atoms with E-state index < -0.39 is 15.8 Å². The lowest BCUT2D eigenvalue weighted by Gasteiger charge is -2.26. The standard InChI is InChI=1S/C13H19FN2O2S/c14-12-6-1-2-7-13(12)19(17,18)16-9-10-4-3-5-11(15)8-10/h1-2,6-7,10-11,16H,3-5,8-9,15H2. The highest BCUT2D eigenvalue weighted by Gasteiger charge is 2.23. The lowest BCUT2D eigenvalue weighted by molar-refractivity contribution is 0.322. The van der Waals surface area contributed by atoms with Crippen LogP contribution in [0, 0.1) is 11.7 Å². The SMILES string of the molecule is NC1CCCC(CNS(=O)(=O)c2ccccc2F)C1. The Bertz CT molecular complexity index is 533. The van der Waals surface area contributed by atoms with Gasteiger partial charge in [-0.1, -0.05) is 18.6 Å². The van der Waals surface area contributed by atoms with E-state index in [1.54, 1.807) is 0 Å². The van der Waals surface area contributed by atoms with E-state index in [0.717, 1.165) is 31.7 Å². The highest BCUT2D eigenvalue weighted by atomic mass is 32.2. The van der Waals surface area contributed by atoms with Crippen LogP contribution >= 0.6 is 0 Å². The highest BCUT2D eigenvalue weighted by Crippen LogP contribution is 2.23. The van der Waals surface area contributed by atoms with E-state index >= 15 is 0 Å². The van der Waals surface area contributed by atoms with E-state index in [1.807, 2.05) is 0 Å². The Morgan fingerprint density at radius 1 is 1.32 bits per heavy atom. The van der Waals surface area contributed by atoms with Crippen LogP contribution in [0.15, 0.2) is 29.2 Å². The zero-order chi connectivity index (χ0) is 13.9.